The van der Waals surface area contributed by atoms with E-state index in [1.807, 2.05) is 11.7 Å². The Morgan fingerprint density at radius 2 is 2.00 bits per heavy atom. The molecule has 0 radical (unpaired) electrons. The number of hydrogen-bond donors (Lipinski definition) is 0. The molecule has 0 fully saturated rings. The van der Waals surface area contributed by atoms with E-state index in [0.717, 1.165) is 42.5 Å². The normalized spacial score (nSPS) is 11.4. The Morgan fingerprint density at radius 1 is 1.28 bits per heavy atom. The fraction of sp³-hybridized carbons (Fsp3) is 0.769. The first-order valence-corrected chi connectivity index (χ1v) is 7.53. The highest BCUT2D eigenvalue weighted by Crippen LogP contribution is 2.22. The number of aryl methyl sites for hydroxylation is 2. The fourth-order valence-corrected chi connectivity index (χ4v) is 2.57. The summed E-state index contributed by atoms with van der Waals surface area (Å²) in [7, 11) is 1.96. The Hall–Kier alpha value is -0.250. The van der Waals surface area contributed by atoms with E-state index in [1.54, 1.807) is 0 Å². The molecule has 104 valence electrons. The highest BCUT2D eigenvalue weighted by molar-refractivity contribution is 6.31. The summed E-state index contributed by atoms with van der Waals surface area (Å²) >= 11 is 12.2. The van der Waals surface area contributed by atoms with Gasteiger partial charge in [-0.15, -0.1) is 11.6 Å². The van der Waals surface area contributed by atoms with Gasteiger partial charge in [-0.2, -0.15) is 5.10 Å². The number of rotatable bonds is 8. The van der Waals surface area contributed by atoms with Crippen LogP contribution in [-0.4, -0.2) is 33.6 Å². The Kier molecular flexibility index (Phi) is 7.05. The molecule has 0 bridgehead atoms. The maximum Gasteiger partial charge on any atom is 0.0863 e. The maximum absolute atomic E-state index is 6.37. The summed E-state index contributed by atoms with van der Waals surface area (Å²) in [6, 6.07) is 0. The summed E-state index contributed by atoms with van der Waals surface area (Å²) in [6.45, 7) is 7.06. The molecule has 0 N–H and O–H groups in total. The number of nitrogens with zero attached hydrogens (tertiary/aromatic N) is 3. The first-order valence-electron chi connectivity index (χ1n) is 6.62. The molecule has 0 saturated heterocycles. The van der Waals surface area contributed by atoms with Crippen molar-refractivity contribution in [3.63, 3.8) is 0 Å². The maximum atomic E-state index is 6.37. The first-order chi connectivity index (χ1) is 8.63. The fourth-order valence-electron chi connectivity index (χ4n) is 1.97. The molecule has 1 rings (SSSR count). The molecular formula is C13H23Cl2N3. The Bertz CT molecular complexity index is 363. The molecule has 1 heterocycles. The van der Waals surface area contributed by atoms with E-state index in [0.29, 0.717) is 5.88 Å². The lowest BCUT2D eigenvalue weighted by atomic mass is 10.2. The molecule has 0 saturated carbocycles. The van der Waals surface area contributed by atoms with Crippen molar-refractivity contribution in [2.75, 3.05) is 19.0 Å². The molecule has 0 aliphatic carbocycles. The lowest BCUT2D eigenvalue weighted by Crippen LogP contribution is -2.27. The van der Waals surface area contributed by atoms with Crippen LogP contribution in [0.15, 0.2) is 0 Å². The van der Waals surface area contributed by atoms with Gasteiger partial charge in [0.15, 0.2) is 0 Å². The molecular weight excluding hydrogens is 269 g/mol. The van der Waals surface area contributed by atoms with Crippen LogP contribution in [0.3, 0.4) is 0 Å². The smallest absolute Gasteiger partial charge is 0.0863 e. The van der Waals surface area contributed by atoms with Gasteiger partial charge < -0.3 is 0 Å². The van der Waals surface area contributed by atoms with Gasteiger partial charge >= 0.3 is 0 Å². The third-order valence-electron chi connectivity index (χ3n) is 3.10. The minimum Gasteiger partial charge on any atom is -0.296 e. The molecule has 0 unspecified atom stereocenters. The molecule has 5 heteroatoms. The molecule has 3 nitrogen and oxygen atoms in total. The molecule has 18 heavy (non-hydrogen) atoms. The van der Waals surface area contributed by atoms with Crippen LogP contribution < -0.4 is 0 Å². The minimum absolute atomic E-state index is 0.653. The van der Waals surface area contributed by atoms with Gasteiger partial charge in [-0.25, -0.2) is 0 Å². The van der Waals surface area contributed by atoms with Crippen LogP contribution in [0, 0.1) is 0 Å². The van der Waals surface area contributed by atoms with Crippen LogP contribution in [0.5, 0.6) is 0 Å². The zero-order valence-electron chi connectivity index (χ0n) is 11.5. The zero-order valence-corrected chi connectivity index (χ0v) is 13.1. The van der Waals surface area contributed by atoms with E-state index in [4.69, 9.17) is 23.2 Å². The SMILES string of the molecule is CCCCN(CCCl)Cc1c(Cl)c(CC)nn1C. The zero-order chi connectivity index (χ0) is 13.5. The van der Waals surface area contributed by atoms with Gasteiger partial charge in [0, 0.05) is 26.0 Å². The van der Waals surface area contributed by atoms with Crippen molar-refractivity contribution in [2.24, 2.45) is 7.05 Å². The summed E-state index contributed by atoms with van der Waals surface area (Å²) in [6.07, 6.45) is 3.25. The summed E-state index contributed by atoms with van der Waals surface area (Å²) in [5.41, 5.74) is 2.07. The molecule has 0 aromatic carbocycles. The quantitative estimate of drug-likeness (QED) is 0.684. The second kappa shape index (κ2) is 8.03. The van der Waals surface area contributed by atoms with Gasteiger partial charge in [-0.1, -0.05) is 31.9 Å². The number of unbranched alkanes of at least 4 members (excludes halogenated alkanes) is 1. The van der Waals surface area contributed by atoms with Crippen LogP contribution in [0.2, 0.25) is 5.02 Å². The number of hydrogen-bond acceptors (Lipinski definition) is 2. The van der Waals surface area contributed by atoms with Crippen molar-refractivity contribution in [2.45, 2.75) is 39.7 Å². The molecule has 0 amide bonds. The highest BCUT2D eigenvalue weighted by atomic mass is 35.5. The van der Waals surface area contributed by atoms with E-state index in [9.17, 15) is 0 Å². The van der Waals surface area contributed by atoms with Gasteiger partial charge in [0.1, 0.15) is 0 Å². The molecule has 0 aliphatic heterocycles. The molecule has 1 aromatic rings. The topological polar surface area (TPSA) is 21.1 Å². The number of halogens is 2. The second-order valence-electron chi connectivity index (χ2n) is 4.50. The molecule has 0 spiro atoms. The molecule has 0 aliphatic rings. The number of aromatic nitrogens is 2. The second-order valence-corrected chi connectivity index (χ2v) is 5.26. The van der Waals surface area contributed by atoms with Crippen molar-refractivity contribution >= 4 is 23.2 Å². The van der Waals surface area contributed by atoms with Gasteiger partial charge in [-0.3, -0.25) is 9.58 Å². The van der Waals surface area contributed by atoms with Crippen molar-refractivity contribution in [1.82, 2.24) is 14.7 Å². The van der Waals surface area contributed by atoms with Gasteiger partial charge in [0.2, 0.25) is 0 Å². The minimum atomic E-state index is 0.653. The predicted molar refractivity (Wildman–Crippen MR) is 78.5 cm³/mol. The number of alkyl halides is 1. The average molecular weight is 292 g/mol. The molecule has 0 atom stereocenters. The van der Waals surface area contributed by atoms with Gasteiger partial charge in [-0.05, 0) is 19.4 Å². The Morgan fingerprint density at radius 3 is 2.50 bits per heavy atom. The standard InChI is InChI=1S/C13H23Cl2N3/c1-4-6-8-18(9-7-14)10-12-13(15)11(5-2)16-17(12)3/h4-10H2,1-3H3. The predicted octanol–water partition coefficient (Wildman–Crippen LogP) is 3.48. The van der Waals surface area contributed by atoms with Crippen molar-refractivity contribution < 1.29 is 0 Å². The third-order valence-corrected chi connectivity index (χ3v) is 3.71. The van der Waals surface area contributed by atoms with Gasteiger partial charge in [0.25, 0.3) is 0 Å². The van der Waals surface area contributed by atoms with Crippen LogP contribution >= 0.6 is 23.2 Å². The van der Waals surface area contributed by atoms with Gasteiger partial charge in [0.05, 0.1) is 16.4 Å². The van der Waals surface area contributed by atoms with E-state index in [-0.39, 0.29) is 0 Å². The van der Waals surface area contributed by atoms with E-state index in [1.165, 1.54) is 12.8 Å². The summed E-state index contributed by atoms with van der Waals surface area (Å²) < 4.78 is 1.90. The summed E-state index contributed by atoms with van der Waals surface area (Å²) in [5, 5.41) is 5.26. The van der Waals surface area contributed by atoms with Crippen LogP contribution in [-0.2, 0) is 20.0 Å². The summed E-state index contributed by atoms with van der Waals surface area (Å²) in [4.78, 5) is 2.35. The third kappa shape index (κ3) is 4.15. The lowest BCUT2D eigenvalue weighted by Gasteiger charge is -2.21. The molecule has 1 aromatic heterocycles. The first kappa shape index (κ1) is 15.8. The highest BCUT2D eigenvalue weighted by Gasteiger charge is 2.15. The van der Waals surface area contributed by atoms with Crippen molar-refractivity contribution in [3.8, 4) is 0 Å². The largest absolute Gasteiger partial charge is 0.296 e. The Labute approximate surface area is 120 Å². The average Bonchev–Trinajstić information content (AvgIpc) is 2.63. The van der Waals surface area contributed by atoms with E-state index in [2.05, 4.69) is 23.8 Å². The van der Waals surface area contributed by atoms with E-state index >= 15 is 0 Å². The summed E-state index contributed by atoms with van der Waals surface area (Å²) in [5.74, 6) is 0.653. The lowest BCUT2D eigenvalue weighted by molar-refractivity contribution is 0.270. The van der Waals surface area contributed by atoms with Crippen molar-refractivity contribution in [3.05, 3.63) is 16.4 Å². The van der Waals surface area contributed by atoms with Crippen LogP contribution in [0.1, 0.15) is 38.1 Å². The Balaban J connectivity index is 2.76. The monoisotopic (exact) mass is 291 g/mol. The van der Waals surface area contributed by atoms with Crippen molar-refractivity contribution in [1.29, 1.82) is 0 Å². The van der Waals surface area contributed by atoms with Crippen LogP contribution in [0.25, 0.3) is 0 Å². The van der Waals surface area contributed by atoms with E-state index < -0.39 is 0 Å². The van der Waals surface area contributed by atoms with Crippen LogP contribution in [0.4, 0.5) is 0 Å².